The minimum atomic E-state index is -0.190. The van der Waals surface area contributed by atoms with E-state index in [1.54, 1.807) is 28.7 Å². The van der Waals surface area contributed by atoms with Gasteiger partial charge in [-0.05, 0) is 42.8 Å². The highest BCUT2D eigenvalue weighted by atomic mass is 32.1. The number of carbonyl (C=O) groups excluding carboxylic acids is 1. The lowest BCUT2D eigenvalue weighted by Crippen LogP contribution is -2.07. The van der Waals surface area contributed by atoms with Crippen molar-refractivity contribution >= 4 is 45.3 Å². The first-order chi connectivity index (χ1) is 16.1. The number of benzene rings is 2. The van der Waals surface area contributed by atoms with E-state index in [0.717, 1.165) is 43.9 Å². The van der Waals surface area contributed by atoms with E-state index in [1.165, 1.54) is 6.08 Å². The van der Waals surface area contributed by atoms with Crippen LogP contribution in [0.1, 0.15) is 16.3 Å². The van der Waals surface area contributed by atoms with E-state index in [2.05, 4.69) is 15.3 Å². The number of hydrogen-bond donors (Lipinski definition) is 1. The first-order valence-electron chi connectivity index (χ1n) is 10.3. The quantitative estimate of drug-likeness (QED) is 0.292. The predicted molar refractivity (Wildman–Crippen MR) is 134 cm³/mol. The number of ether oxygens (including phenoxy) is 1. The molecule has 0 saturated heterocycles. The Hall–Kier alpha value is -3.75. The number of imidazole rings is 1. The van der Waals surface area contributed by atoms with E-state index in [9.17, 15) is 4.79 Å². The van der Waals surface area contributed by atoms with E-state index in [0.29, 0.717) is 6.61 Å². The Morgan fingerprint density at radius 2 is 1.91 bits per heavy atom. The van der Waals surface area contributed by atoms with Crippen molar-refractivity contribution in [2.24, 2.45) is 0 Å². The van der Waals surface area contributed by atoms with E-state index in [4.69, 9.17) is 4.74 Å². The number of hydrogen-bond acceptors (Lipinski definition) is 6. The van der Waals surface area contributed by atoms with Crippen LogP contribution in [0, 0.1) is 6.92 Å². The molecular formula is C25H20N4O2S2. The Labute approximate surface area is 198 Å². The number of rotatable bonds is 7. The van der Waals surface area contributed by atoms with Gasteiger partial charge in [0, 0.05) is 40.5 Å². The molecule has 1 N–H and O–H groups in total. The maximum atomic E-state index is 12.3. The third-order valence-corrected chi connectivity index (χ3v) is 6.50. The molecule has 0 bridgehead atoms. The fourth-order valence-corrected chi connectivity index (χ4v) is 4.55. The number of aromatic nitrogens is 3. The summed E-state index contributed by atoms with van der Waals surface area (Å²) in [6.45, 7) is 2.42. The number of carbonyl (C=O) groups is 1. The second-order valence-electron chi connectivity index (χ2n) is 7.33. The molecule has 0 atom stereocenters. The smallest absolute Gasteiger partial charge is 0.248 e. The monoisotopic (exact) mass is 472 g/mol. The van der Waals surface area contributed by atoms with Gasteiger partial charge in [0.15, 0.2) is 4.96 Å². The molecule has 8 heteroatoms. The van der Waals surface area contributed by atoms with Gasteiger partial charge in [-0.15, -0.1) is 22.7 Å². The average Bonchev–Trinajstić information content (AvgIpc) is 3.54. The molecule has 0 radical (unpaired) electrons. The number of anilines is 1. The summed E-state index contributed by atoms with van der Waals surface area (Å²) in [6, 6.07) is 15.3. The van der Waals surface area contributed by atoms with E-state index in [1.807, 2.05) is 83.0 Å². The van der Waals surface area contributed by atoms with Crippen LogP contribution in [-0.2, 0) is 11.4 Å². The van der Waals surface area contributed by atoms with Crippen LogP contribution in [0.4, 0.5) is 5.69 Å². The Morgan fingerprint density at radius 3 is 2.64 bits per heavy atom. The van der Waals surface area contributed by atoms with Gasteiger partial charge >= 0.3 is 0 Å². The SMILES string of the molecule is Cc1nc(COc2ccc(/C=C/C(=O)Nc3ccc(-c4cn5ccsc5n4)cc3)cc2)cs1. The predicted octanol–water partition coefficient (Wildman–Crippen LogP) is 6.06. The lowest BCUT2D eigenvalue weighted by molar-refractivity contribution is -0.111. The normalized spacial score (nSPS) is 11.3. The molecule has 0 aliphatic heterocycles. The molecule has 0 aliphatic rings. The van der Waals surface area contributed by atoms with Crippen LogP contribution >= 0.6 is 22.7 Å². The van der Waals surface area contributed by atoms with Crippen molar-refractivity contribution in [3.63, 3.8) is 0 Å². The van der Waals surface area contributed by atoms with Crippen LogP contribution in [-0.4, -0.2) is 20.3 Å². The molecule has 6 nitrogen and oxygen atoms in total. The zero-order valence-electron chi connectivity index (χ0n) is 17.8. The number of fused-ring (bicyclic) bond motifs is 1. The molecule has 0 unspecified atom stereocenters. The van der Waals surface area contributed by atoms with Gasteiger partial charge in [0.2, 0.25) is 5.91 Å². The molecular weight excluding hydrogens is 452 g/mol. The minimum absolute atomic E-state index is 0.190. The molecule has 1 amide bonds. The van der Waals surface area contributed by atoms with Crippen LogP contribution in [0.2, 0.25) is 0 Å². The summed E-state index contributed by atoms with van der Waals surface area (Å²) in [4.78, 5) is 22.3. The van der Waals surface area contributed by atoms with Gasteiger partial charge in [0.1, 0.15) is 12.4 Å². The van der Waals surface area contributed by atoms with E-state index < -0.39 is 0 Å². The number of nitrogens with one attached hydrogen (secondary N) is 1. The molecule has 2 aromatic carbocycles. The number of amides is 1. The number of aryl methyl sites for hydroxylation is 1. The zero-order valence-corrected chi connectivity index (χ0v) is 19.4. The van der Waals surface area contributed by atoms with Crippen LogP contribution in [0.15, 0.2) is 77.8 Å². The molecule has 5 rings (SSSR count). The van der Waals surface area contributed by atoms with Gasteiger partial charge < -0.3 is 10.1 Å². The van der Waals surface area contributed by atoms with Crippen molar-refractivity contribution in [1.82, 2.24) is 14.4 Å². The molecule has 5 aromatic rings. The molecule has 33 heavy (non-hydrogen) atoms. The van der Waals surface area contributed by atoms with Crippen LogP contribution in [0.5, 0.6) is 5.75 Å². The summed E-state index contributed by atoms with van der Waals surface area (Å²) in [6.07, 6.45) is 7.28. The van der Waals surface area contributed by atoms with Gasteiger partial charge in [0.05, 0.1) is 16.4 Å². The lowest BCUT2D eigenvalue weighted by Gasteiger charge is -2.05. The van der Waals surface area contributed by atoms with E-state index in [-0.39, 0.29) is 5.91 Å². The van der Waals surface area contributed by atoms with Gasteiger partial charge in [0.25, 0.3) is 0 Å². The van der Waals surface area contributed by atoms with Crippen LogP contribution < -0.4 is 10.1 Å². The highest BCUT2D eigenvalue weighted by Gasteiger charge is 2.06. The maximum Gasteiger partial charge on any atom is 0.248 e. The standard InChI is InChI=1S/C25H20N4O2S2/c1-17-26-21(16-33-17)15-31-22-9-2-18(3-10-22)4-11-24(30)27-20-7-5-19(6-8-20)23-14-29-12-13-32-25(29)28-23/h2-14,16H,15H2,1H3,(H,27,30)/b11-4+. The Balaban J connectivity index is 1.15. The number of nitrogens with zero attached hydrogens (tertiary/aromatic N) is 3. The molecule has 3 heterocycles. The first kappa shape index (κ1) is 21.1. The Morgan fingerprint density at radius 1 is 1.09 bits per heavy atom. The Bertz CT molecular complexity index is 1380. The second kappa shape index (κ2) is 9.40. The molecule has 0 fully saturated rings. The fourth-order valence-electron chi connectivity index (χ4n) is 3.25. The van der Waals surface area contributed by atoms with Gasteiger partial charge in [-0.1, -0.05) is 24.3 Å². The summed E-state index contributed by atoms with van der Waals surface area (Å²) in [7, 11) is 0. The highest BCUT2D eigenvalue weighted by molar-refractivity contribution is 7.15. The lowest BCUT2D eigenvalue weighted by atomic mass is 10.1. The van der Waals surface area contributed by atoms with Gasteiger partial charge in [-0.3, -0.25) is 9.20 Å². The van der Waals surface area contributed by atoms with Gasteiger partial charge in [-0.2, -0.15) is 0 Å². The van der Waals surface area contributed by atoms with Crippen molar-refractivity contribution in [2.75, 3.05) is 5.32 Å². The highest BCUT2D eigenvalue weighted by Crippen LogP contribution is 2.23. The summed E-state index contributed by atoms with van der Waals surface area (Å²) < 4.78 is 7.76. The molecule has 0 spiro atoms. The molecule has 164 valence electrons. The van der Waals surface area contributed by atoms with Crippen LogP contribution in [0.3, 0.4) is 0 Å². The average molecular weight is 473 g/mol. The largest absolute Gasteiger partial charge is 0.487 e. The summed E-state index contributed by atoms with van der Waals surface area (Å²) in [5.41, 5.74) is 4.49. The number of thiazole rings is 2. The molecule has 0 saturated carbocycles. The Kier molecular flexibility index (Phi) is 6.01. The third kappa shape index (κ3) is 5.19. The molecule has 0 aliphatic carbocycles. The summed E-state index contributed by atoms with van der Waals surface area (Å²) in [5.74, 6) is 0.574. The zero-order chi connectivity index (χ0) is 22.6. The summed E-state index contributed by atoms with van der Waals surface area (Å²) >= 11 is 3.21. The van der Waals surface area contributed by atoms with Crippen molar-refractivity contribution in [3.8, 4) is 17.0 Å². The van der Waals surface area contributed by atoms with Crippen molar-refractivity contribution in [1.29, 1.82) is 0 Å². The fraction of sp³-hybridized carbons (Fsp3) is 0.0800. The third-order valence-electron chi connectivity index (χ3n) is 4.90. The van der Waals surface area contributed by atoms with Crippen molar-refractivity contribution in [2.45, 2.75) is 13.5 Å². The van der Waals surface area contributed by atoms with E-state index >= 15 is 0 Å². The second-order valence-corrected chi connectivity index (χ2v) is 9.27. The van der Waals surface area contributed by atoms with Gasteiger partial charge in [-0.25, -0.2) is 9.97 Å². The topological polar surface area (TPSA) is 68.5 Å². The van der Waals surface area contributed by atoms with Crippen LogP contribution in [0.25, 0.3) is 22.3 Å². The van der Waals surface area contributed by atoms with Crippen molar-refractivity contribution in [3.05, 3.63) is 94.0 Å². The first-order valence-corrected chi connectivity index (χ1v) is 12.0. The van der Waals surface area contributed by atoms with Crippen molar-refractivity contribution < 1.29 is 9.53 Å². The minimum Gasteiger partial charge on any atom is -0.487 e. The summed E-state index contributed by atoms with van der Waals surface area (Å²) in [5, 5.41) is 7.92. The maximum absolute atomic E-state index is 12.3. The molecule has 3 aromatic heterocycles.